The molecule has 0 aromatic carbocycles. The van der Waals surface area contributed by atoms with E-state index < -0.39 is 5.97 Å². The summed E-state index contributed by atoms with van der Waals surface area (Å²) in [6.45, 7) is 1.13. The van der Waals surface area contributed by atoms with E-state index >= 15 is 0 Å². The fraction of sp³-hybridized carbons (Fsp3) is 0.571. The number of carboxylic acids is 1. The van der Waals surface area contributed by atoms with Crippen LogP contribution in [0.1, 0.15) is 37.7 Å². The van der Waals surface area contributed by atoms with Crippen molar-refractivity contribution < 1.29 is 19.1 Å². The monoisotopic (exact) mass is 282 g/mol. The van der Waals surface area contributed by atoms with Gasteiger partial charge in [-0.05, 0) is 18.9 Å². The maximum atomic E-state index is 11.8. The Bertz CT molecular complexity index is 403. The molecule has 2 amide bonds. The first-order valence-electron chi connectivity index (χ1n) is 6.81. The van der Waals surface area contributed by atoms with Crippen LogP contribution < -0.4 is 5.32 Å². The molecule has 0 aliphatic heterocycles. The molecule has 0 radical (unpaired) electrons. The van der Waals surface area contributed by atoms with E-state index in [1.165, 1.54) is 0 Å². The predicted molar refractivity (Wildman–Crippen MR) is 74.3 cm³/mol. The number of aliphatic carboxylic acids is 1. The highest BCUT2D eigenvalue weighted by molar-refractivity contribution is 5.73. The Labute approximate surface area is 118 Å². The van der Waals surface area contributed by atoms with Gasteiger partial charge in [-0.15, -0.1) is 0 Å². The highest BCUT2D eigenvalue weighted by atomic mass is 16.4. The van der Waals surface area contributed by atoms with Gasteiger partial charge in [0.15, 0.2) is 0 Å². The van der Waals surface area contributed by atoms with Crippen molar-refractivity contribution in [3.8, 4) is 0 Å². The number of carboxylic acid groups (broad SMARTS) is 1. The Morgan fingerprint density at radius 2 is 2.05 bits per heavy atom. The largest absolute Gasteiger partial charge is 0.481 e. The zero-order chi connectivity index (χ0) is 14.8. The number of nitrogens with one attached hydrogen (secondary N) is 1. The number of rotatable bonds is 9. The topological polar surface area (TPSA) is 82.8 Å². The normalized spacial score (nSPS) is 10.2. The summed E-state index contributed by atoms with van der Waals surface area (Å²) in [4.78, 5) is 23.7. The third kappa shape index (κ3) is 6.82. The number of nitrogens with zero attached hydrogens (tertiary/aromatic N) is 1. The van der Waals surface area contributed by atoms with Gasteiger partial charge >= 0.3 is 12.0 Å². The summed E-state index contributed by atoms with van der Waals surface area (Å²) < 4.78 is 4.95. The number of carbonyl (C=O) groups excluding carboxylic acids is 1. The van der Waals surface area contributed by atoms with E-state index in [1.807, 2.05) is 6.07 Å². The van der Waals surface area contributed by atoms with Crippen molar-refractivity contribution in [2.75, 3.05) is 13.6 Å². The molecule has 6 nitrogen and oxygen atoms in total. The lowest BCUT2D eigenvalue weighted by molar-refractivity contribution is -0.137. The van der Waals surface area contributed by atoms with Crippen LogP contribution in [-0.4, -0.2) is 35.6 Å². The standard InChI is InChI=1S/C14H22N2O4/c1-16(10-12-7-9-20-11-12)14(19)15-8-5-3-2-4-6-13(17)18/h7,9,11H,2-6,8,10H2,1H3,(H,15,19)(H,17,18). The number of amides is 2. The van der Waals surface area contributed by atoms with Crippen molar-refractivity contribution >= 4 is 12.0 Å². The van der Waals surface area contributed by atoms with E-state index in [1.54, 1.807) is 24.5 Å². The molecule has 2 N–H and O–H groups in total. The first kappa shape index (κ1) is 16.1. The van der Waals surface area contributed by atoms with Crippen molar-refractivity contribution in [3.63, 3.8) is 0 Å². The fourth-order valence-corrected chi connectivity index (χ4v) is 1.81. The summed E-state index contributed by atoms with van der Waals surface area (Å²) in [6, 6.07) is 1.71. The second-order valence-electron chi connectivity index (χ2n) is 4.78. The zero-order valence-electron chi connectivity index (χ0n) is 11.8. The molecule has 6 heteroatoms. The number of furan rings is 1. The minimum atomic E-state index is -0.751. The van der Waals surface area contributed by atoms with Gasteiger partial charge < -0.3 is 19.7 Å². The van der Waals surface area contributed by atoms with Crippen LogP contribution in [0, 0.1) is 0 Å². The van der Waals surface area contributed by atoms with Gasteiger partial charge in [0.1, 0.15) is 0 Å². The molecule has 1 heterocycles. The van der Waals surface area contributed by atoms with Crippen LogP contribution >= 0.6 is 0 Å². The zero-order valence-corrected chi connectivity index (χ0v) is 11.8. The molecule has 1 aromatic rings. The number of unbranched alkanes of at least 4 members (excludes halogenated alkanes) is 3. The fourth-order valence-electron chi connectivity index (χ4n) is 1.81. The average Bonchev–Trinajstić information content (AvgIpc) is 2.89. The molecule has 0 atom stereocenters. The Morgan fingerprint density at radius 3 is 2.70 bits per heavy atom. The van der Waals surface area contributed by atoms with Crippen LogP contribution in [0.25, 0.3) is 0 Å². The summed E-state index contributed by atoms with van der Waals surface area (Å²) in [7, 11) is 1.73. The summed E-state index contributed by atoms with van der Waals surface area (Å²) in [6.07, 6.45) is 6.80. The van der Waals surface area contributed by atoms with Crippen LogP contribution in [0.4, 0.5) is 4.79 Å². The van der Waals surface area contributed by atoms with Crippen molar-refractivity contribution in [2.24, 2.45) is 0 Å². The SMILES string of the molecule is CN(Cc1ccoc1)C(=O)NCCCCCCC(=O)O. The molecule has 0 spiro atoms. The Hall–Kier alpha value is -1.98. The number of hydrogen-bond donors (Lipinski definition) is 2. The smallest absolute Gasteiger partial charge is 0.317 e. The third-order valence-corrected chi connectivity index (χ3v) is 2.94. The van der Waals surface area contributed by atoms with Gasteiger partial charge in [0.2, 0.25) is 0 Å². The Kier molecular flexibility index (Phi) is 7.24. The maximum Gasteiger partial charge on any atom is 0.317 e. The van der Waals surface area contributed by atoms with Gasteiger partial charge in [-0.3, -0.25) is 4.79 Å². The van der Waals surface area contributed by atoms with E-state index in [9.17, 15) is 9.59 Å². The van der Waals surface area contributed by atoms with E-state index in [-0.39, 0.29) is 12.5 Å². The molecule has 0 bridgehead atoms. The van der Waals surface area contributed by atoms with Crippen LogP contribution in [0.5, 0.6) is 0 Å². The van der Waals surface area contributed by atoms with Crippen LogP contribution in [0.15, 0.2) is 23.0 Å². The molecular formula is C14H22N2O4. The van der Waals surface area contributed by atoms with E-state index in [0.717, 1.165) is 24.8 Å². The molecule has 0 aliphatic rings. The molecule has 0 unspecified atom stereocenters. The van der Waals surface area contributed by atoms with Gasteiger partial charge in [-0.1, -0.05) is 12.8 Å². The van der Waals surface area contributed by atoms with Crippen molar-refractivity contribution in [1.82, 2.24) is 10.2 Å². The lowest BCUT2D eigenvalue weighted by atomic mass is 10.1. The Balaban J connectivity index is 2.03. The highest BCUT2D eigenvalue weighted by Gasteiger charge is 2.08. The van der Waals surface area contributed by atoms with Gasteiger partial charge in [-0.25, -0.2) is 4.79 Å². The molecule has 0 aliphatic carbocycles. The first-order chi connectivity index (χ1) is 9.59. The highest BCUT2D eigenvalue weighted by Crippen LogP contribution is 2.04. The minimum absolute atomic E-state index is 0.114. The second-order valence-corrected chi connectivity index (χ2v) is 4.78. The molecule has 0 saturated heterocycles. The minimum Gasteiger partial charge on any atom is -0.481 e. The molecule has 1 aromatic heterocycles. The van der Waals surface area contributed by atoms with Crippen molar-refractivity contribution in [2.45, 2.75) is 38.6 Å². The van der Waals surface area contributed by atoms with Crippen LogP contribution in [0.3, 0.4) is 0 Å². The Morgan fingerprint density at radius 1 is 1.30 bits per heavy atom. The molecular weight excluding hydrogens is 260 g/mol. The molecule has 0 saturated carbocycles. The van der Waals surface area contributed by atoms with Gasteiger partial charge in [0.05, 0.1) is 19.1 Å². The summed E-state index contributed by atoms with van der Waals surface area (Å²) in [5.74, 6) is -0.751. The number of carbonyl (C=O) groups is 2. The molecule has 112 valence electrons. The molecule has 1 rings (SSSR count). The van der Waals surface area contributed by atoms with Gasteiger partial charge in [0, 0.05) is 25.6 Å². The lowest BCUT2D eigenvalue weighted by Gasteiger charge is -2.17. The van der Waals surface area contributed by atoms with Gasteiger partial charge in [0.25, 0.3) is 0 Å². The van der Waals surface area contributed by atoms with Crippen LogP contribution in [-0.2, 0) is 11.3 Å². The van der Waals surface area contributed by atoms with Crippen molar-refractivity contribution in [1.29, 1.82) is 0 Å². The van der Waals surface area contributed by atoms with E-state index in [0.29, 0.717) is 19.5 Å². The third-order valence-electron chi connectivity index (χ3n) is 2.94. The van der Waals surface area contributed by atoms with Gasteiger partial charge in [-0.2, -0.15) is 0 Å². The van der Waals surface area contributed by atoms with Crippen molar-refractivity contribution in [3.05, 3.63) is 24.2 Å². The molecule has 20 heavy (non-hydrogen) atoms. The maximum absolute atomic E-state index is 11.8. The second kappa shape index (κ2) is 9.01. The summed E-state index contributed by atoms with van der Waals surface area (Å²) in [5, 5.41) is 11.3. The number of urea groups is 1. The lowest BCUT2D eigenvalue weighted by Crippen LogP contribution is -2.37. The number of hydrogen-bond acceptors (Lipinski definition) is 3. The first-order valence-corrected chi connectivity index (χ1v) is 6.81. The quantitative estimate of drug-likeness (QED) is 0.681. The van der Waals surface area contributed by atoms with E-state index in [4.69, 9.17) is 9.52 Å². The van der Waals surface area contributed by atoms with E-state index in [2.05, 4.69) is 5.32 Å². The molecule has 0 fully saturated rings. The van der Waals surface area contributed by atoms with Crippen LogP contribution in [0.2, 0.25) is 0 Å². The average molecular weight is 282 g/mol. The predicted octanol–water partition coefficient (Wildman–Crippen LogP) is 2.46. The summed E-state index contributed by atoms with van der Waals surface area (Å²) in [5.41, 5.74) is 0.955. The summed E-state index contributed by atoms with van der Waals surface area (Å²) >= 11 is 0.